The Morgan fingerprint density at radius 2 is 2.31 bits per heavy atom. The molecule has 0 aliphatic carbocycles. The van der Waals surface area contributed by atoms with Gasteiger partial charge in [-0.3, -0.25) is 4.90 Å². The lowest BCUT2D eigenvalue weighted by molar-refractivity contribution is -0.0923. The Labute approximate surface area is 80.0 Å². The molecular weight excluding hydrogens is 166 g/mol. The number of hydrogen-bond donors (Lipinski definition) is 1. The minimum atomic E-state index is -0.00555. The fraction of sp³-hybridized carbons (Fsp3) is 0.800. The van der Waals surface area contributed by atoms with Gasteiger partial charge < -0.3 is 9.84 Å². The van der Waals surface area contributed by atoms with E-state index in [9.17, 15) is 0 Å². The van der Waals surface area contributed by atoms with Crippen LogP contribution >= 0.6 is 0 Å². The molecule has 0 aromatic heterocycles. The topological polar surface area (TPSA) is 32.7 Å². The fourth-order valence-electron chi connectivity index (χ4n) is 1.65. The van der Waals surface area contributed by atoms with Crippen molar-refractivity contribution in [1.29, 1.82) is 0 Å². The van der Waals surface area contributed by atoms with Crippen molar-refractivity contribution in [3.8, 4) is 0 Å². The van der Waals surface area contributed by atoms with E-state index in [0.717, 1.165) is 19.6 Å². The second-order valence-electron chi connectivity index (χ2n) is 3.54. The van der Waals surface area contributed by atoms with Crippen LogP contribution in [0.1, 0.15) is 13.8 Å². The second-order valence-corrected chi connectivity index (χ2v) is 3.54. The molecule has 3 heteroatoms. The lowest BCUT2D eigenvalue weighted by atomic mass is 10.2. The third kappa shape index (κ3) is 3.46. The molecule has 76 valence electrons. The molecule has 2 atom stereocenters. The second kappa shape index (κ2) is 5.37. The fourth-order valence-corrected chi connectivity index (χ4v) is 1.65. The molecule has 1 saturated heterocycles. The van der Waals surface area contributed by atoms with E-state index in [2.05, 4.69) is 11.0 Å². The van der Waals surface area contributed by atoms with Crippen molar-refractivity contribution < 1.29 is 9.84 Å². The maximum atomic E-state index is 8.98. The highest BCUT2D eigenvalue weighted by molar-refractivity contribution is 4.85. The van der Waals surface area contributed by atoms with Crippen LogP contribution in [0.4, 0.5) is 0 Å². The normalized spacial score (nSPS) is 31.3. The Bertz CT molecular complexity index is 170. The molecule has 0 saturated carbocycles. The third-order valence-corrected chi connectivity index (χ3v) is 2.20. The van der Waals surface area contributed by atoms with Crippen LogP contribution in [0.2, 0.25) is 0 Å². The van der Waals surface area contributed by atoms with Crippen molar-refractivity contribution in [3.63, 3.8) is 0 Å². The van der Waals surface area contributed by atoms with Crippen LogP contribution in [0.15, 0.2) is 12.2 Å². The van der Waals surface area contributed by atoms with Gasteiger partial charge in [0.1, 0.15) is 0 Å². The third-order valence-electron chi connectivity index (χ3n) is 2.20. The minimum Gasteiger partial charge on any atom is -0.394 e. The summed E-state index contributed by atoms with van der Waals surface area (Å²) < 4.78 is 5.53. The first-order valence-electron chi connectivity index (χ1n) is 4.86. The zero-order valence-corrected chi connectivity index (χ0v) is 8.44. The van der Waals surface area contributed by atoms with Gasteiger partial charge in [-0.25, -0.2) is 0 Å². The van der Waals surface area contributed by atoms with Gasteiger partial charge in [-0.2, -0.15) is 0 Å². The van der Waals surface area contributed by atoms with Gasteiger partial charge in [0.15, 0.2) is 0 Å². The van der Waals surface area contributed by atoms with Crippen LogP contribution in [0.25, 0.3) is 0 Å². The van der Waals surface area contributed by atoms with Crippen molar-refractivity contribution in [3.05, 3.63) is 12.2 Å². The molecule has 1 aliphatic rings. The zero-order valence-electron chi connectivity index (χ0n) is 8.44. The molecule has 0 aromatic carbocycles. The first-order valence-corrected chi connectivity index (χ1v) is 4.86. The average molecular weight is 185 g/mol. The van der Waals surface area contributed by atoms with E-state index >= 15 is 0 Å². The molecule has 1 fully saturated rings. The quantitative estimate of drug-likeness (QED) is 0.655. The van der Waals surface area contributed by atoms with Crippen molar-refractivity contribution in [2.24, 2.45) is 0 Å². The number of nitrogens with zero attached hydrogens (tertiary/aromatic N) is 1. The Hall–Kier alpha value is -0.380. The van der Waals surface area contributed by atoms with Gasteiger partial charge in [-0.15, -0.1) is 0 Å². The molecule has 1 N–H and O–H groups in total. The number of hydrogen-bond acceptors (Lipinski definition) is 3. The van der Waals surface area contributed by atoms with E-state index in [0.29, 0.717) is 0 Å². The van der Waals surface area contributed by atoms with Gasteiger partial charge in [0.2, 0.25) is 0 Å². The van der Waals surface area contributed by atoms with Gasteiger partial charge in [0.05, 0.1) is 18.8 Å². The highest BCUT2D eigenvalue weighted by Gasteiger charge is 2.23. The van der Waals surface area contributed by atoms with E-state index in [1.54, 1.807) is 0 Å². The number of allylic oxidation sites excluding steroid dienone is 1. The molecule has 0 radical (unpaired) electrons. The molecule has 0 bridgehead atoms. The summed E-state index contributed by atoms with van der Waals surface area (Å²) in [4.78, 5) is 2.30. The van der Waals surface area contributed by atoms with Crippen LogP contribution in [0, 0.1) is 0 Å². The molecule has 3 nitrogen and oxygen atoms in total. The monoisotopic (exact) mass is 185 g/mol. The Balaban J connectivity index is 2.37. The Morgan fingerprint density at radius 3 is 2.92 bits per heavy atom. The molecule has 0 aromatic rings. The molecule has 1 aliphatic heterocycles. The van der Waals surface area contributed by atoms with Gasteiger partial charge in [-0.05, 0) is 13.8 Å². The first-order chi connectivity index (χ1) is 6.26. The molecular formula is C10H19NO2. The van der Waals surface area contributed by atoms with Gasteiger partial charge in [0.25, 0.3) is 0 Å². The summed E-state index contributed by atoms with van der Waals surface area (Å²) in [6.45, 7) is 6.95. The van der Waals surface area contributed by atoms with Gasteiger partial charge >= 0.3 is 0 Å². The highest BCUT2D eigenvalue weighted by atomic mass is 16.5. The van der Waals surface area contributed by atoms with Crippen molar-refractivity contribution in [1.82, 2.24) is 4.90 Å². The lowest BCUT2D eigenvalue weighted by Gasteiger charge is -2.35. The number of morpholine rings is 1. The molecule has 0 amide bonds. The van der Waals surface area contributed by atoms with Crippen molar-refractivity contribution in [2.75, 3.05) is 26.2 Å². The molecule has 13 heavy (non-hydrogen) atoms. The molecule has 2 unspecified atom stereocenters. The summed E-state index contributed by atoms with van der Waals surface area (Å²) in [5.41, 5.74) is 0. The molecule has 1 rings (SSSR count). The maximum Gasteiger partial charge on any atom is 0.0936 e. The maximum absolute atomic E-state index is 8.98. The zero-order chi connectivity index (χ0) is 9.68. The van der Waals surface area contributed by atoms with Crippen LogP contribution in [0.5, 0.6) is 0 Å². The average Bonchev–Trinajstić information content (AvgIpc) is 2.14. The molecule has 0 spiro atoms. The lowest BCUT2D eigenvalue weighted by Crippen LogP contribution is -2.47. The largest absolute Gasteiger partial charge is 0.394 e. The van der Waals surface area contributed by atoms with E-state index in [-0.39, 0.29) is 18.8 Å². The Morgan fingerprint density at radius 1 is 1.54 bits per heavy atom. The first kappa shape index (κ1) is 10.7. The Kier molecular flexibility index (Phi) is 4.42. The highest BCUT2D eigenvalue weighted by Crippen LogP contribution is 2.10. The van der Waals surface area contributed by atoms with Crippen molar-refractivity contribution >= 4 is 0 Å². The van der Waals surface area contributed by atoms with E-state index in [4.69, 9.17) is 9.84 Å². The van der Waals surface area contributed by atoms with Gasteiger partial charge in [-0.1, -0.05) is 12.2 Å². The van der Waals surface area contributed by atoms with Gasteiger partial charge in [0, 0.05) is 19.6 Å². The van der Waals surface area contributed by atoms with Crippen LogP contribution in [-0.2, 0) is 4.74 Å². The molecule has 1 heterocycles. The predicted octanol–water partition coefficient (Wildman–Crippen LogP) is 0.644. The summed E-state index contributed by atoms with van der Waals surface area (Å²) in [5, 5.41) is 8.98. The smallest absolute Gasteiger partial charge is 0.0936 e. The minimum absolute atomic E-state index is 0.00555. The predicted molar refractivity (Wildman–Crippen MR) is 52.7 cm³/mol. The summed E-state index contributed by atoms with van der Waals surface area (Å²) >= 11 is 0. The number of ether oxygens (including phenoxy) is 1. The standard InChI is InChI=1S/C10H19NO2/c1-3-4-5-11-6-9(2)13-10(7-11)8-12/h3-4,9-10,12H,5-8H2,1-2H3/b4-3+. The van der Waals surface area contributed by atoms with Crippen LogP contribution in [0.3, 0.4) is 0 Å². The van der Waals surface area contributed by atoms with E-state index in [1.807, 2.05) is 19.9 Å². The van der Waals surface area contributed by atoms with E-state index in [1.165, 1.54) is 0 Å². The summed E-state index contributed by atoms with van der Waals surface area (Å²) in [6, 6.07) is 0. The SMILES string of the molecule is C/C=C/CN1CC(C)OC(CO)C1. The number of rotatable bonds is 3. The van der Waals surface area contributed by atoms with Crippen LogP contribution in [-0.4, -0.2) is 48.5 Å². The summed E-state index contributed by atoms with van der Waals surface area (Å²) in [7, 11) is 0. The summed E-state index contributed by atoms with van der Waals surface area (Å²) in [6.07, 6.45) is 4.41. The van der Waals surface area contributed by atoms with E-state index < -0.39 is 0 Å². The number of aliphatic hydroxyl groups is 1. The van der Waals surface area contributed by atoms with Crippen molar-refractivity contribution in [2.45, 2.75) is 26.1 Å². The number of aliphatic hydroxyl groups excluding tert-OH is 1. The van der Waals surface area contributed by atoms with Crippen LogP contribution < -0.4 is 0 Å². The summed E-state index contributed by atoms with van der Waals surface area (Å²) in [5.74, 6) is 0.